The second-order valence-corrected chi connectivity index (χ2v) is 22.9. The van der Waals surface area contributed by atoms with Gasteiger partial charge < -0.3 is 23.8 Å². The summed E-state index contributed by atoms with van der Waals surface area (Å²) in [5.41, 5.74) is 1.08. The molecule has 3 rings (SSSR count). The number of esters is 4. The van der Waals surface area contributed by atoms with Gasteiger partial charge in [0, 0.05) is 18.9 Å². The average Bonchev–Trinajstić information content (AvgIpc) is 2.73. The number of amides is 1. The van der Waals surface area contributed by atoms with Gasteiger partial charge in [-0.15, -0.1) is 0 Å². The summed E-state index contributed by atoms with van der Waals surface area (Å²) in [6.07, 6.45) is 63.3. The summed E-state index contributed by atoms with van der Waals surface area (Å²) in [5, 5.41) is 3.34. The lowest BCUT2D eigenvalue weighted by Gasteiger charge is -2.36. The molecule has 1 saturated carbocycles. The quantitative estimate of drug-likeness (QED) is 0.0290. The van der Waals surface area contributed by atoms with Gasteiger partial charge in [-0.25, -0.2) is 4.79 Å². The fraction of sp³-hybridized carbons (Fsp3) is 0.630. The Balaban J connectivity index is 1.61. The molecule has 1 heterocycles. The number of rotatable bonds is 48. The van der Waals surface area contributed by atoms with Crippen LogP contribution in [-0.4, -0.2) is 84.8 Å². The third-order valence-corrected chi connectivity index (χ3v) is 15.6. The zero-order valence-corrected chi connectivity index (χ0v) is 52.7. The van der Waals surface area contributed by atoms with Crippen molar-refractivity contribution in [2.45, 2.75) is 270 Å². The van der Waals surface area contributed by atoms with E-state index in [0.29, 0.717) is 51.6 Å². The number of hydrogen-bond donors (Lipinski definition) is 1. The minimum atomic E-state index is -1.08. The lowest BCUT2D eigenvalue weighted by atomic mass is 9.84. The molecule has 11 heteroatoms. The third-order valence-electron chi connectivity index (χ3n) is 15.6. The number of carbonyl (C=O) groups excluding carboxylic acids is 5. The van der Waals surface area contributed by atoms with Crippen LogP contribution in [-0.2, 0) is 49.3 Å². The normalized spacial score (nSPS) is 17.3. The summed E-state index contributed by atoms with van der Waals surface area (Å²) in [6.45, 7) is 8.13. The van der Waals surface area contributed by atoms with Crippen LogP contribution in [0.2, 0.25) is 0 Å². The molecule has 0 radical (unpaired) electrons. The van der Waals surface area contributed by atoms with Crippen LogP contribution in [0.3, 0.4) is 0 Å². The monoisotopic (exact) mass is 1160 g/mol. The molecule has 0 bridgehead atoms. The molecule has 5 atom stereocenters. The van der Waals surface area contributed by atoms with Crippen molar-refractivity contribution < 1.29 is 42.9 Å². The van der Waals surface area contributed by atoms with E-state index >= 15 is 0 Å². The van der Waals surface area contributed by atoms with Crippen LogP contribution >= 0.6 is 0 Å². The number of carbonyl (C=O) groups is 5. The maximum atomic E-state index is 14.8. The highest BCUT2D eigenvalue weighted by Crippen LogP contribution is 2.40. The van der Waals surface area contributed by atoms with Crippen LogP contribution in [0.25, 0.3) is 0 Å². The van der Waals surface area contributed by atoms with E-state index in [4.69, 9.17) is 18.9 Å². The highest BCUT2D eigenvalue weighted by Gasteiger charge is 2.49. The highest BCUT2D eigenvalue weighted by molar-refractivity contribution is 5.89. The zero-order valence-electron chi connectivity index (χ0n) is 52.7. The summed E-state index contributed by atoms with van der Waals surface area (Å²) in [6, 6.07) is 7.33. The fourth-order valence-corrected chi connectivity index (χ4v) is 10.7. The largest absolute Gasteiger partial charge is 0.465 e. The van der Waals surface area contributed by atoms with Gasteiger partial charge in [-0.05, 0) is 147 Å². The number of likely N-dealkylation sites (tertiary alicyclic amines) is 1. The second kappa shape index (κ2) is 49.7. The number of allylic oxidation sites excluding steroid dienone is 16. The number of benzene rings is 1. The molecular formula is C73H112N2O9. The van der Waals surface area contributed by atoms with E-state index in [-0.39, 0.29) is 49.9 Å². The van der Waals surface area contributed by atoms with E-state index in [1.807, 2.05) is 30.3 Å². The Hall–Kier alpha value is -5.55. The van der Waals surface area contributed by atoms with Gasteiger partial charge in [0.1, 0.15) is 25.3 Å². The molecule has 1 amide bonds. The van der Waals surface area contributed by atoms with E-state index < -0.39 is 42.1 Å². The first-order valence-corrected chi connectivity index (χ1v) is 33.2. The predicted molar refractivity (Wildman–Crippen MR) is 345 cm³/mol. The minimum Gasteiger partial charge on any atom is -0.465 e. The number of nitrogens with zero attached hydrogens (tertiary/aromatic N) is 1. The van der Waals surface area contributed by atoms with E-state index in [1.165, 1.54) is 57.8 Å². The third kappa shape index (κ3) is 35.0. The van der Waals surface area contributed by atoms with Crippen molar-refractivity contribution in [1.82, 2.24) is 10.2 Å². The van der Waals surface area contributed by atoms with Gasteiger partial charge in [-0.1, -0.05) is 219 Å². The standard InChI is InChI=1S/C73H112N2O9/c1-5-8-11-14-17-19-21-23-25-27-29-31-33-35-37-39-45-54-69(76)82-60-65(61-83-70(77)55-46-40-38-36-34-32-30-28-26-24-22-20-18-15-12-9-6-2)84-73(80)68-59-64-52-47-48-53-67(64)75(68)71(78)62(4)74-66(57-56-63-50-43-42-44-51-63)72(79)81-58-49-41-16-13-10-7-3/h17-20,23-26,29-32,35-38,42-44,50-51,62,64-68,74H,5-16,21-22,27-28,33-34,39-41,45-49,52-61H2,1-4H3/b19-17+,20-18+,25-23+,26-24+,31-29+,32-30+,37-35+,38-36+/t62-,64+,66-,67-,68-/m0/s1. The molecular weight excluding hydrogens is 1050 g/mol. The van der Waals surface area contributed by atoms with Crippen LogP contribution < -0.4 is 5.32 Å². The first-order chi connectivity index (χ1) is 41.2. The van der Waals surface area contributed by atoms with Crippen molar-refractivity contribution in [3.8, 4) is 0 Å². The Bertz CT molecular complexity index is 2080. The maximum absolute atomic E-state index is 14.8. The lowest BCUT2D eigenvalue weighted by Crippen LogP contribution is -2.56. The van der Waals surface area contributed by atoms with Crippen LogP contribution in [0.15, 0.2) is 128 Å². The van der Waals surface area contributed by atoms with Crippen LogP contribution in [0.4, 0.5) is 0 Å². The Kier molecular flexibility index (Phi) is 43.0. The molecule has 11 nitrogen and oxygen atoms in total. The molecule has 0 unspecified atom stereocenters. The van der Waals surface area contributed by atoms with Crippen molar-refractivity contribution in [1.29, 1.82) is 0 Å². The molecule has 1 aromatic carbocycles. The number of aryl methyl sites for hydroxylation is 1. The average molecular weight is 1160 g/mol. The molecule has 468 valence electrons. The fourth-order valence-electron chi connectivity index (χ4n) is 10.7. The first-order valence-electron chi connectivity index (χ1n) is 33.2. The molecule has 2 fully saturated rings. The topological polar surface area (TPSA) is 138 Å². The van der Waals surface area contributed by atoms with Gasteiger partial charge in [0.05, 0.1) is 12.6 Å². The molecule has 0 spiro atoms. The Labute approximate surface area is 509 Å². The van der Waals surface area contributed by atoms with Crippen molar-refractivity contribution in [2.75, 3.05) is 19.8 Å². The van der Waals surface area contributed by atoms with E-state index in [0.717, 1.165) is 102 Å². The molecule has 1 aliphatic heterocycles. The SMILES string of the molecule is CCCCC/C=C/C/C=C/C/C=C/C/C=C/CCCC(=O)OCC(COC(=O)CCC/C=C/C/C=C/C/C=C/C/C=C/CCCCC)OC(=O)[C@@H]1C[C@H]2CCCC[C@@H]2N1C(=O)[C@H](C)N[C@@H](CCc1ccccc1)C(=O)OCCCCCCCC. The van der Waals surface area contributed by atoms with E-state index in [9.17, 15) is 24.0 Å². The summed E-state index contributed by atoms with van der Waals surface area (Å²) < 4.78 is 23.4. The van der Waals surface area contributed by atoms with Gasteiger partial charge in [-0.3, -0.25) is 24.5 Å². The van der Waals surface area contributed by atoms with Crippen molar-refractivity contribution in [2.24, 2.45) is 5.92 Å². The van der Waals surface area contributed by atoms with Crippen molar-refractivity contribution in [3.63, 3.8) is 0 Å². The van der Waals surface area contributed by atoms with Gasteiger partial charge >= 0.3 is 23.9 Å². The molecule has 1 aliphatic carbocycles. The predicted octanol–water partition coefficient (Wildman–Crippen LogP) is 17.3. The summed E-state index contributed by atoms with van der Waals surface area (Å²) >= 11 is 0. The lowest BCUT2D eigenvalue weighted by molar-refractivity contribution is -0.171. The van der Waals surface area contributed by atoms with Gasteiger partial charge in [0.25, 0.3) is 0 Å². The minimum absolute atomic E-state index is 0.104. The maximum Gasteiger partial charge on any atom is 0.329 e. The molecule has 0 aromatic heterocycles. The Morgan fingerprint density at radius 3 is 1.51 bits per heavy atom. The first kappa shape index (κ1) is 72.7. The van der Waals surface area contributed by atoms with E-state index in [1.54, 1.807) is 11.8 Å². The molecule has 2 aliphatic rings. The molecule has 1 saturated heterocycles. The molecule has 1 aromatic rings. The van der Waals surface area contributed by atoms with Crippen molar-refractivity contribution >= 4 is 29.8 Å². The van der Waals surface area contributed by atoms with Gasteiger partial charge in [-0.2, -0.15) is 0 Å². The smallest absolute Gasteiger partial charge is 0.329 e. The second-order valence-electron chi connectivity index (χ2n) is 22.9. The number of hydrogen-bond acceptors (Lipinski definition) is 10. The van der Waals surface area contributed by atoms with Gasteiger partial charge in [0.2, 0.25) is 5.91 Å². The number of fused-ring (bicyclic) bond motifs is 1. The summed E-state index contributed by atoms with van der Waals surface area (Å²) in [5.74, 6) is -2.06. The number of ether oxygens (including phenoxy) is 4. The Morgan fingerprint density at radius 2 is 1.00 bits per heavy atom. The molecule has 84 heavy (non-hydrogen) atoms. The van der Waals surface area contributed by atoms with E-state index in [2.05, 4.69) is 123 Å². The van der Waals surface area contributed by atoms with Crippen LogP contribution in [0.1, 0.15) is 239 Å². The summed E-state index contributed by atoms with van der Waals surface area (Å²) in [7, 11) is 0. The van der Waals surface area contributed by atoms with Crippen molar-refractivity contribution in [3.05, 3.63) is 133 Å². The molecule has 1 N–H and O–H groups in total. The highest BCUT2D eigenvalue weighted by atomic mass is 16.6. The van der Waals surface area contributed by atoms with Crippen LogP contribution in [0, 0.1) is 5.92 Å². The Morgan fingerprint density at radius 1 is 0.548 bits per heavy atom. The summed E-state index contributed by atoms with van der Waals surface area (Å²) in [4.78, 5) is 71.0. The van der Waals surface area contributed by atoms with Crippen LogP contribution in [0.5, 0.6) is 0 Å². The zero-order chi connectivity index (χ0) is 60.3. The number of unbranched alkanes of at least 4 members (excludes halogenated alkanes) is 13. The van der Waals surface area contributed by atoms with Gasteiger partial charge in [0.15, 0.2) is 6.10 Å². The number of nitrogens with one attached hydrogen (secondary N) is 1.